The lowest BCUT2D eigenvalue weighted by Gasteiger charge is -2.20. The molecule has 6 nitrogen and oxygen atoms in total. The van der Waals surface area contributed by atoms with E-state index in [-0.39, 0.29) is 21.4 Å². The molecule has 2 rings (SSSR count). The average Bonchev–Trinajstić information content (AvgIpc) is 2.56. The molecule has 0 aromatic heterocycles. The van der Waals surface area contributed by atoms with Crippen LogP contribution in [0.15, 0.2) is 46.6 Å². The normalized spacial score (nSPS) is 11.0. The Hall–Kier alpha value is -2.18. The van der Waals surface area contributed by atoms with Crippen LogP contribution in [0.5, 0.6) is 0 Å². The number of rotatable bonds is 6. The summed E-state index contributed by atoms with van der Waals surface area (Å²) in [5.41, 5.74) is 1.76. The highest BCUT2D eigenvalue weighted by molar-refractivity contribution is 6.39. The third-order valence-corrected chi connectivity index (χ3v) is 4.03. The van der Waals surface area contributed by atoms with Crippen molar-refractivity contribution in [3.05, 3.63) is 56.6 Å². The van der Waals surface area contributed by atoms with Gasteiger partial charge in [0.2, 0.25) is 0 Å². The quantitative estimate of drug-likeness (QED) is 0.349. The van der Waals surface area contributed by atoms with Crippen molar-refractivity contribution in [2.45, 2.75) is 13.8 Å². The zero-order valence-electron chi connectivity index (χ0n) is 13.2. The number of anilines is 1. The van der Waals surface area contributed by atoms with E-state index >= 15 is 0 Å². The van der Waals surface area contributed by atoms with Crippen LogP contribution in [0.2, 0.25) is 10.0 Å². The maximum Gasteiger partial charge on any atom is 0.272 e. The van der Waals surface area contributed by atoms with Gasteiger partial charge in [-0.15, -0.1) is 5.11 Å². The molecule has 126 valence electrons. The molecule has 0 heterocycles. The van der Waals surface area contributed by atoms with Crippen LogP contribution < -0.4 is 4.90 Å². The number of nitro benzene ring substituents is 1. The molecule has 0 bridgehead atoms. The van der Waals surface area contributed by atoms with E-state index in [4.69, 9.17) is 23.2 Å². The van der Waals surface area contributed by atoms with Crippen molar-refractivity contribution in [1.82, 2.24) is 0 Å². The highest BCUT2D eigenvalue weighted by atomic mass is 35.5. The molecule has 2 aromatic carbocycles. The number of benzene rings is 2. The molecule has 8 heteroatoms. The Bertz CT molecular complexity index is 736. The van der Waals surface area contributed by atoms with Crippen LogP contribution in [-0.2, 0) is 0 Å². The van der Waals surface area contributed by atoms with Gasteiger partial charge in [0.15, 0.2) is 0 Å². The average molecular weight is 367 g/mol. The van der Waals surface area contributed by atoms with Crippen LogP contribution in [0.25, 0.3) is 0 Å². The monoisotopic (exact) mass is 366 g/mol. The van der Waals surface area contributed by atoms with Gasteiger partial charge in [0, 0.05) is 30.9 Å². The Labute approximate surface area is 149 Å². The number of non-ortho nitro benzene ring substituents is 1. The molecule has 0 amide bonds. The molecule has 0 saturated heterocycles. The summed E-state index contributed by atoms with van der Waals surface area (Å²) >= 11 is 12.0. The van der Waals surface area contributed by atoms with Crippen molar-refractivity contribution in [3.8, 4) is 0 Å². The molecular weight excluding hydrogens is 351 g/mol. The predicted octanol–water partition coefficient (Wildman–Crippen LogP) is 6.16. The van der Waals surface area contributed by atoms with Gasteiger partial charge in [-0.05, 0) is 38.1 Å². The van der Waals surface area contributed by atoms with Gasteiger partial charge in [-0.25, -0.2) is 0 Å². The van der Waals surface area contributed by atoms with Gasteiger partial charge >= 0.3 is 0 Å². The minimum atomic E-state index is -0.565. The second-order valence-corrected chi connectivity index (χ2v) is 5.72. The van der Waals surface area contributed by atoms with E-state index in [0.29, 0.717) is 5.69 Å². The minimum absolute atomic E-state index is 0.0812. The highest BCUT2D eigenvalue weighted by Gasteiger charge is 2.14. The molecule has 0 fully saturated rings. The molecule has 0 N–H and O–H groups in total. The summed E-state index contributed by atoms with van der Waals surface area (Å²) in [6.45, 7) is 6.03. The van der Waals surface area contributed by atoms with Gasteiger partial charge in [0.25, 0.3) is 5.69 Å². The van der Waals surface area contributed by atoms with Gasteiger partial charge < -0.3 is 4.90 Å². The first-order valence-corrected chi connectivity index (χ1v) is 8.12. The van der Waals surface area contributed by atoms with Crippen LogP contribution in [0, 0.1) is 10.1 Å². The van der Waals surface area contributed by atoms with E-state index in [1.54, 1.807) is 0 Å². The van der Waals surface area contributed by atoms with Crippen molar-refractivity contribution >= 4 is 46.0 Å². The van der Waals surface area contributed by atoms with E-state index in [2.05, 4.69) is 29.0 Å². The van der Waals surface area contributed by atoms with Crippen molar-refractivity contribution in [3.63, 3.8) is 0 Å². The topological polar surface area (TPSA) is 71.1 Å². The second-order valence-electron chi connectivity index (χ2n) is 4.90. The van der Waals surface area contributed by atoms with Crippen molar-refractivity contribution < 1.29 is 4.92 Å². The number of halogens is 2. The van der Waals surface area contributed by atoms with Crippen LogP contribution >= 0.6 is 23.2 Å². The van der Waals surface area contributed by atoms with Crippen LogP contribution in [0.4, 0.5) is 22.7 Å². The lowest BCUT2D eigenvalue weighted by molar-refractivity contribution is -0.384. The fraction of sp³-hybridized carbons (Fsp3) is 0.250. The van der Waals surface area contributed by atoms with Crippen molar-refractivity contribution in [1.29, 1.82) is 0 Å². The molecule has 24 heavy (non-hydrogen) atoms. The third-order valence-electron chi connectivity index (χ3n) is 3.46. The number of nitrogens with zero attached hydrogens (tertiary/aromatic N) is 4. The zero-order valence-corrected chi connectivity index (χ0v) is 14.8. The van der Waals surface area contributed by atoms with Crippen LogP contribution in [0.3, 0.4) is 0 Å². The molecule has 0 radical (unpaired) electrons. The first-order chi connectivity index (χ1) is 11.5. The summed E-state index contributed by atoms with van der Waals surface area (Å²) in [5.74, 6) is 0. The Morgan fingerprint density at radius 3 is 2.04 bits per heavy atom. The summed E-state index contributed by atoms with van der Waals surface area (Å²) in [7, 11) is 0. The number of azo groups is 1. The highest BCUT2D eigenvalue weighted by Crippen LogP contribution is 2.37. The Morgan fingerprint density at radius 1 is 1.04 bits per heavy atom. The largest absolute Gasteiger partial charge is 0.372 e. The number of hydrogen-bond acceptors (Lipinski definition) is 5. The molecule has 0 aliphatic carbocycles. The summed E-state index contributed by atoms with van der Waals surface area (Å²) in [6, 6.07) is 9.99. The van der Waals surface area contributed by atoms with E-state index < -0.39 is 4.92 Å². The maximum atomic E-state index is 10.8. The molecule has 0 atom stereocenters. The molecular formula is C16H16Cl2N4O2. The number of nitro groups is 1. The first kappa shape index (κ1) is 18.2. The Balaban J connectivity index is 2.24. The van der Waals surface area contributed by atoms with Gasteiger partial charge in [-0.3, -0.25) is 10.1 Å². The predicted molar refractivity (Wildman–Crippen MR) is 97.3 cm³/mol. The Morgan fingerprint density at radius 2 is 1.58 bits per heavy atom. The van der Waals surface area contributed by atoms with E-state index in [0.717, 1.165) is 18.8 Å². The van der Waals surface area contributed by atoms with Crippen LogP contribution in [-0.4, -0.2) is 18.0 Å². The SMILES string of the molecule is CCN(CC)c1ccc(N=Nc2c(Cl)cc([N+](=O)[O-])cc2Cl)cc1. The van der Waals surface area contributed by atoms with E-state index in [1.807, 2.05) is 24.3 Å². The zero-order chi connectivity index (χ0) is 17.7. The standard InChI is InChI=1S/C16H16Cl2N4O2/c1-3-21(4-2)12-7-5-11(6-8-12)19-20-16-14(17)9-13(22(23)24)10-15(16)18/h5-10H,3-4H2,1-2H3. The maximum absolute atomic E-state index is 10.8. The fourth-order valence-corrected chi connectivity index (χ4v) is 2.73. The summed E-state index contributed by atoms with van der Waals surface area (Å²) in [4.78, 5) is 12.4. The summed E-state index contributed by atoms with van der Waals surface area (Å²) < 4.78 is 0. The molecule has 0 aliphatic heterocycles. The minimum Gasteiger partial charge on any atom is -0.372 e. The van der Waals surface area contributed by atoms with Gasteiger partial charge in [0.05, 0.1) is 20.7 Å². The Kier molecular flexibility index (Phi) is 6.11. The van der Waals surface area contributed by atoms with Crippen molar-refractivity contribution in [2.24, 2.45) is 10.2 Å². The van der Waals surface area contributed by atoms with Crippen LogP contribution in [0.1, 0.15) is 13.8 Å². The van der Waals surface area contributed by atoms with E-state index in [9.17, 15) is 10.1 Å². The summed E-state index contributed by atoms with van der Waals surface area (Å²) in [5, 5.41) is 19.0. The molecule has 0 unspecified atom stereocenters. The van der Waals surface area contributed by atoms with Gasteiger partial charge in [-0.1, -0.05) is 23.2 Å². The van der Waals surface area contributed by atoms with Crippen molar-refractivity contribution in [2.75, 3.05) is 18.0 Å². The lowest BCUT2D eigenvalue weighted by atomic mass is 10.2. The van der Waals surface area contributed by atoms with Gasteiger partial charge in [-0.2, -0.15) is 5.11 Å². The third kappa shape index (κ3) is 4.21. The lowest BCUT2D eigenvalue weighted by Crippen LogP contribution is -2.21. The molecule has 0 spiro atoms. The molecule has 0 saturated carbocycles. The molecule has 2 aromatic rings. The summed E-state index contributed by atoms with van der Waals surface area (Å²) in [6.07, 6.45) is 0. The first-order valence-electron chi connectivity index (χ1n) is 7.36. The smallest absolute Gasteiger partial charge is 0.272 e. The molecule has 0 aliphatic rings. The number of hydrogen-bond donors (Lipinski definition) is 0. The second kappa shape index (κ2) is 8.08. The fourth-order valence-electron chi connectivity index (χ4n) is 2.18. The van der Waals surface area contributed by atoms with E-state index in [1.165, 1.54) is 12.1 Å². The van der Waals surface area contributed by atoms with Gasteiger partial charge in [0.1, 0.15) is 5.69 Å².